The maximum absolute atomic E-state index is 12.0. The number of ether oxygens (including phenoxy) is 1. The first kappa shape index (κ1) is 30.4. The van der Waals surface area contributed by atoms with Gasteiger partial charge >= 0.3 is 5.97 Å². The average molecular weight is 450 g/mol. The molecule has 0 aliphatic carbocycles. The summed E-state index contributed by atoms with van der Waals surface area (Å²) in [6, 6.07) is 0. The molecule has 0 fully saturated rings. The first-order valence-corrected chi connectivity index (χ1v) is 13.3. The highest BCUT2D eigenvalue weighted by Gasteiger charge is 2.38. The number of rotatable bonds is 23. The molecular weight excluding hydrogens is 398 g/mol. The van der Waals surface area contributed by atoms with E-state index in [0.717, 1.165) is 31.8 Å². The Bertz CT molecular complexity index is 515. The molecule has 0 saturated carbocycles. The van der Waals surface area contributed by atoms with Crippen LogP contribution in [-0.4, -0.2) is 17.5 Å². The van der Waals surface area contributed by atoms with Crippen LogP contribution >= 0.6 is 0 Å². The van der Waals surface area contributed by atoms with Crippen LogP contribution in [0.1, 0.15) is 136 Å². The van der Waals surface area contributed by atoms with Gasteiger partial charge in [-0.1, -0.05) is 110 Å². The molecule has 1 unspecified atom stereocenters. The smallest absolute Gasteiger partial charge is 0.331 e. The maximum Gasteiger partial charge on any atom is 0.331 e. The largest absolute Gasteiger partial charge is 0.446 e. The summed E-state index contributed by atoms with van der Waals surface area (Å²) in [6.45, 7) is 7.65. The zero-order chi connectivity index (χ0) is 23.9. The van der Waals surface area contributed by atoms with E-state index in [2.05, 4.69) is 25.7 Å². The number of amides is 1. The van der Waals surface area contributed by atoms with Crippen molar-refractivity contribution in [1.82, 2.24) is 0 Å². The molecule has 0 heterocycles. The Balaban J connectivity index is 3.73. The molecule has 4 heteroatoms. The van der Waals surface area contributed by atoms with Gasteiger partial charge in [0.15, 0.2) is 5.60 Å². The van der Waals surface area contributed by atoms with Gasteiger partial charge in [-0.15, -0.1) is 0 Å². The quantitative estimate of drug-likeness (QED) is 0.0744. The molecule has 0 aliphatic rings. The van der Waals surface area contributed by atoms with Crippen molar-refractivity contribution in [2.75, 3.05) is 0 Å². The highest BCUT2D eigenvalue weighted by atomic mass is 16.6. The van der Waals surface area contributed by atoms with E-state index < -0.39 is 17.5 Å². The first-order chi connectivity index (χ1) is 15.5. The van der Waals surface area contributed by atoms with Crippen molar-refractivity contribution in [2.45, 2.75) is 141 Å². The lowest BCUT2D eigenvalue weighted by molar-refractivity contribution is -0.164. The third-order valence-corrected chi connectivity index (χ3v) is 6.16. The predicted octanol–water partition coefficient (Wildman–Crippen LogP) is 7.95. The van der Waals surface area contributed by atoms with Gasteiger partial charge < -0.3 is 10.5 Å². The van der Waals surface area contributed by atoms with Crippen molar-refractivity contribution in [2.24, 2.45) is 5.73 Å². The zero-order valence-electron chi connectivity index (χ0n) is 21.2. The van der Waals surface area contributed by atoms with Crippen LogP contribution in [0.3, 0.4) is 0 Å². The lowest BCUT2D eigenvalue weighted by Gasteiger charge is -2.29. The van der Waals surface area contributed by atoms with Crippen molar-refractivity contribution in [1.29, 1.82) is 0 Å². The molecule has 4 nitrogen and oxygen atoms in total. The third-order valence-electron chi connectivity index (χ3n) is 6.16. The van der Waals surface area contributed by atoms with Gasteiger partial charge in [-0.2, -0.15) is 0 Å². The molecule has 0 aliphatic heterocycles. The van der Waals surface area contributed by atoms with Crippen LogP contribution in [0.5, 0.6) is 0 Å². The Labute approximate surface area is 198 Å². The molecule has 0 spiro atoms. The summed E-state index contributed by atoms with van der Waals surface area (Å²) >= 11 is 0. The van der Waals surface area contributed by atoms with Gasteiger partial charge in [-0.05, 0) is 44.9 Å². The van der Waals surface area contributed by atoms with Crippen molar-refractivity contribution in [3.05, 3.63) is 24.8 Å². The molecule has 0 aromatic heterocycles. The molecule has 186 valence electrons. The summed E-state index contributed by atoms with van der Waals surface area (Å²) in [5.74, 6) is -1.12. The van der Waals surface area contributed by atoms with Gasteiger partial charge in [0.25, 0.3) is 5.91 Å². The Morgan fingerprint density at radius 1 is 0.719 bits per heavy atom. The first-order valence-electron chi connectivity index (χ1n) is 13.3. The Hall–Kier alpha value is -1.58. The number of esters is 1. The van der Waals surface area contributed by atoms with Gasteiger partial charge in [-0.25, -0.2) is 4.79 Å². The maximum atomic E-state index is 12.0. The van der Waals surface area contributed by atoms with Gasteiger partial charge in [0, 0.05) is 6.08 Å². The number of hydrogen-bond acceptors (Lipinski definition) is 3. The van der Waals surface area contributed by atoms with E-state index in [4.69, 9.17) is 10.5 Å². The van der Waals surface area contributed by atoms with Gasteiger partial charge in [0.2, 0.25) is 0 Å². The Morgan fingerprint density at radius 2 is 1.19 bits per heavy atom. The summed E-state index contributed by atoms with van der Waals surface area (Å²) < 4.78 is 5.38. The number of allylic oxidation sites excluding steroid dienone is 2. The van der Waals surface area contributed by atoms with E-state index in [0.29, 0.717) is 12.8 Å². The van der Waals surface area contributed by atoms with Crippen LogP contribution in [0.25, 0.3) is 0 Å². The number of unbranched alkanes of at least 4 members (excludes halogenated alkanes) is 14. The van der Waals surface area contributed by atoms with E-state index in [1.807, 2.05) is 6.92 Å². The molecule has 32 heavy (non-hydrogen) atoms. The fraction of sp³-hybridized carbons (Fsp3) is 0.786. The van der Waals surface area contributed by atoms with Crippen molar-refractivity contribution in [3.8, 4) is 0 Å². The minimum absolute atomic E-state index is 0.465. The topological polar surface area (TPSA) is 69.4 Å². The summed E-state index contributed by atoms with van der Waals surface area (Å²) in [5, 5.41) is 0. The van der Waals surface area contributed by atoms with E-state index in [-0.39, 0.29) is 0 Å². The molecule has 0 radical (unpaired) electrons. The molecule has 0 aromatic rings. The molecule has 1 amide bonds. The Kier molecular flexibility index (Phi) is 20.2. The number of carbonyl (C=O) groups is 2. The second-order valence-corrected chi connectivity index (χ2v) is 9.13. The molecule has 2 N–H and O–H groups in total. The summed E-state index contributed by atoms with van der Waals surface area (Å²) in [5.41, 5.74) is 4.40. The van der Waals surface area contributed by atoms with Crippen LogP contribution in [0.15, 0.2) is 24.8 Å². The second kappa shape index (κ2) is 21.3. The summed E-state index contributed by atoms with van der Waals surface area (Å²) in [4.78, 5) is 23.6. The summed E-state index contributed by atoms with van der Waals surface area (Å²) in [6.07, 6.45) is 27.7. The average Bonchev–Trinajstić information content (AvgIpc) is 2.78. The van der Waals surface area contributed by atoms with Crippen molar-refractivity contribution >= 4 is 11.9 Å². The van der Waals surface area contributed by atoms with E-state index in [9.17, 15) is 9.59 Å². The normalized spacial score (nSPS) is 13.2. The van der Waals surface area contributed by atoms with E-state index >= 15 is 0 Å². The van der Waals surface area contributed by atoms with Gasteiger partial charge in [-0.3, -0.25) is 4.79 Å². The molecule has 0 aromatic carbocycles. The molecule has 1 atom stereocenters. The number of carbonyl (C=O) groups excluding carboxylic acids is 2. The number of primary amides is 1. The molecular formula is C28H51NO3. The van der Waals surface area contributed by atoms with Crippen LogP contribution < -0.4 is 5.73 Å². The van der Waals surface area contributed by atoms with Crippen LogP contribution in [-0.2, 0) is 14.3 Å². The monoisotopic (exact) mass is 449 g/mol. The minimum atomic E-state index is -1.18. The van der Waals surface area contributed by atoms with Crippen LogP contribution in [0, 0.1) is 0 Å². The van der Waals surface area contributed by atoms with Gasteiger partial charge in [0.1, 0.15) is 0 Å². The second-order valence-electron chi connectivity index (χ2n) is 9.13. The zero-order valence-corrected chi connectivity index (χ0v) is 21.2. The fourth-order valence-electron chi connectivity index (χ4n) is 4.17. The number of hydrogen-bond donors (Lipinski definition) is 1. The van der Waals surface area contributed by atoms with Crippen LogP contribution in [0.4, 0.5) is 0 Å². The number of nitrogens with two attached hydrogens (primary N) is 1. The van der Waals surface area contributed by atoms with E-state index in [1.165, 1.54) is 83.5 Å². The highest BCUT2D eigenvalue weighted by Crippen LogP contribution is 2.26. The molecule has 0 rings (SSSR count). The third kappa shape index (κ3) is 16.1. The molecule has 0 bridgehead atoms. The fourth-order valence-corrected chi connectivity index (χ4v) is 4.17. The van der Waals surface area contributed by atoms with Crippen LogP contribution in [0.2, 0.25) is 0 Å². The van der Waals surface area contributed by atoms with Crippen molar-refractivity contribution in [3.63, 3.8) is 0 Å². The van der Waals surface area contributed by atoms with Gasteiger partial charge in [0.05, 0.1) is 0 Å². The minimum Gasteiger partial charge on any atom is -0.446 e. The predicted molar refractivity (Wildman–Crippen MR) is 136 cm³/mol. The SMILES string of the molecule is C=CC(=O)OC(CCC)(CCCCCCCCC=CCCCCCCCCCC)C(N)=O. The van der Waals surface area contributed by atoms with E-state index in [1.54, 1.807) is 0 Å². The lowest BCUT2D eigenvalue weighted by atomic mass is 9.90. The summed E-state index contributed by atoms with van der Waals surface area (Å²) in [7, 11) is 0. The lowest BCUT2D eigenvalue weighted by Crippen LogP contribution is -2.47. The Morgan fingerprint density at radius 3 is 1.62 bits per heavy atom. The molecule has 0 saturated heterocycles. The highest BCUT2D eigenvalue weighted by molar-refractivity contribution is 5.89. The van der Waals surface area contributed by atoms with Crippen molar-refractivity contribution < 1.29 is 14.3 Å². The standard InChI is InChI=1S/C28H51NO3/c1-4-7-8-9-10-11-12-13-14-15-16-17-18-19-20-21-22-23-25-28(24-5-2,27(29)31)32-26(30)6-3/h6,15-16H,3-5,7-14,17-25H2,1-2H3,(H2,29,31).